The van der Waals surface area contributed by atoms with Crippen LogP contribution in [0, 0.1) is 0 Å². The second-order valence-corrected chi connectivity index (χ2v) is 4.13. The standard InChI is InChI=1S/C12H15NO3/c14-10-7-13(8-10)11(6-12(15)16)9-4-2-1-3-5-9/h1-5,10-11,14H,6-8H2,(H,15,16). The van der Waals surface area contributed by atoms with Gasteiger partial charge in [0.05, 0.1) is 12.5 Å². The molecule has 1 heterocycles. The Bertz CT molecular complexity index is 360. The van der Waals surface area contributed by atoms with E-state index in [0.29, 0.717) is 13.1 Å². The van der Waals surface area contributed by atoms with Crippen LogP contribution in [0.4, 0.5) is 0 Å². The molecule has 0 spiro atoms. The Hall–Kier alpha value is -1.39. The van der Waals surface area contributed by atoms with Gasteiger partial charge in [-0.15, -0.1) is 0 Å². The Labute approximate surface area is 94.1 Å². The molecule has 86 valence electrons. The van der Waals surface area contributed by atoms with Crippen molar-refractivity contribution >= 4 is 5.97 Å². The SMILES string of the molecule is O=C(O)CC(c1ccccc1)N1CC(O)C1. The van der Waals surface area contributed by atoms with Crippen molar-refractivity contribution in [2.75, 3.05) is 13.1 Å². The molecule has 1 aromatic rings. The maximum Gasteiger partial charge on any atom is 0.305 e. The van der Waals surface area contributed by atoms with E-state index < -0.39 is 5.97 Å². The van der Waals surface area contributed by atoms with Crippen molar-refractivity contribution in [3.63, 3.8) is 0 Å². The number of β-amino-alcohol motifs (C(OH)–C–C–N with tert-alkyl or cyclic N) is 1. The Balaban J connectivity index is 2.12. The Kier molecular flexibility index (Phi) is 3.22. The van der Waals surface area contributed by atoms with Crippen LogP contribution in [-0.2, 0) is 4.79 Å². The van der Waals surface area contributed by atoms with Gasteiger partial charge in [-0.25, -0.2) is 0 Å². The predicted octanol–water partition coefficient (Wildman–Crippen LogP) is 0.879. The van der Waals surface area contributed by atoms with Crippen molar-refractivity contribution in [2.45, 2.75) is 18.6 Å². The van der Waals surface area contributed by atoms with Gasteiger partial charge in [-0.1, -0.05) is 30.3 Å². The molecular weight excluding hydrogens is 206 g/mol. The summed E-state index contributed by atoms with van der Waals surface area (Å²) in [7, 11) is 0. The molecule has 2 N–H and O–H groups in total. The van der Waals surface area contributed by atoms with E-state index in [2.05, 4.69) is 0 Å². The van der Waals surface area contributed by atoms with E-state index >= 15 is 0 Å². The highest BCUT2D eigenvalue weighted by molar-refractivity contribution is 5.68. The van der Waals surface area contributed by atoms with Crippen LogP contribution in [0.5, 0.6) is 0 Å². The van der Waals surface area contributed by atoms with E-state index in [1.54, 1.807) is 0 Å². The van der Waals surface area contributed by atoms with Gasteiger partial charge in [0, 0.05) is 19.1 Å². The van der Waals surface area contributed by atoms with Crippen LogP contribution in [0.15, 0.2) is 30.3 Å². The lowest BCUT2D eigenvalue weighted by Crippen LogP contribution is -2.52. The van der Waals surface area contributed by atoms with Crippen LogP contribution in [0.3, 0.4) is 0 Å². The third-order valence-corrected chi connectivity index (χ3v) is 2.88. The molecule has 2 rings (SSSR count). The quantitative estimate of drug-likeness (QED) is 0.792. The zero-order chi connectivity index (χ0) is 11.5. The summed E-state index contributed by atoms with van der Waals surface area (Å²) in [5.41, 5.74) is 0.997. The molecule has 1 fully saturated rings. The van der Waals surface area contributed by atoms with Crippen LogP contribution in [0.25, 0.3) is 0 Å². The number of aliphatic carboxylic acids is 1. The summed E-state index contributed by atoms with van der Waals surface area (Å²) in [6, 6.07) is 9.45. The van der Waals surface area contributed by atoms with E-state index in [4.69, 9.17) is 5.11 Å². The zero-order valence-corrected chi connectivity index (χ0v) is 8.91. The lowest BCUT2D eigenvalue weighted by atomic mass is 9.98. The molecule has 16 heavy (non-hydrogen) atoms. The Morgan fingerprint density at radius 1 is 1.38 bits per heavy atom. The van der Waals surface area contributed by atoms with E-state index in [0.717, 1.165) is 5.56 Å². The minimum absolute atomic E-state index is 0.0801. The number of aliphatic hydroxyl groups excluding tert-OH is 1. The van der Waals surface area contributed by atoms with Gasteiger partial charge in [0.2, 0.25) is 0 Å². The highest BCUT2D eigenvalue weighted by atomic mass is 16.4. The van der Waals surface area contributed by atoms with Gasteiger partial charge in [0.25, 0.3) is 0 Å². The third-order valence-electron chi connectivity index (χ3n) is 2.88. The van der Waals surface area contributed by atoms with E-state index in [1.165, 1.54) is 0 Å². The second kappa shape index (κ2) is 4.63. The van der Waals surface area contributed by atoms with Gasteiger partial charge in [-0.3, -0.25) is 9.69 Å². The lowest BCUT2D eigenvalue weighted by molar-refractivity contribution is -0.140. The van der Waals surface area contributed by atoms with E-state index in [9.17, 15) is 9.90 Å². The smallest absolute Gasteiger partial charge is 0.305 e. The Morgan fingerprint density at radius 2 is 2.00 bits per heavy atom. The first-order chi connectivity index (χ1) is 7.66. The molecule has 4 nitrogen and oxygen atoms in total. The van der Waals surface area contributed by atoms with E-state index in [-0.39, 0.29) is 18.6 Å². The average molecular weight is 221 g/mol. The van der Waals surface area contributed by atoms with Gasteiger partial charge in [-0.05, 0) is 5.56 Å². The summed E-state index contributed by atoms with van der Waals surface area (Å²) in [4.78, 5) is 12.8. The number of carboxylic acids is 1. The molecule has 0 saturated carbocycles. The summed E-state index contributed by atoms with van der Waals surface area (Å²) < 4.78 is 0. The Morgan fingerprint density at radius 3 is 2.50 bits per heavy atom. The summed E-state index contributed by atoms with van der Waals surface area (Å²) >= 11 is 0. The number of benzene rings is 1. The number of likely N-dealkylation sites (tertiary alicyclic amines) is 1. The highest BCUT2D eigenvalue weighted by Gasteiger charge is 2.32. The molecule has 1 aliphatic rings. The maximum absolute atomic E-state index is 10.8. The van der Waals surface area contributed by atoms with Crippen LogP contribution >= 0.6 is 0 Å². The topological polar surface area (TPSA) is 60.8 Å². The summed E-state index contributed by atoms with van der Waals surface area (Å²) in [5.74, 6) is -0.810. The molecule has 0 bridgehead atoms. The first-order valence-electron chi connectivity index (χ1n) is 5.35. The van der Waals surface area contributed by atoms with Gasteiger partial charge in [0.15, 0.2) is 0 Å². The summed E-state index contributed by atoms with van der Waals surface area (Å²) in [5, 5.41) is 18.1. The van der Waals surface area contributed by atoms with Crippen LogP contribution in [0.1, 0.15) is 18.0 Å². The fourth-order valence-corrected chi connectivity index (χ4v) is 2.04. The van der Waals surface area contributed by atoms with Crippen molar-refractivity contribution < 1.29 is 15.0 Å². The van der Waals surface area contributed by atoms with Crippen molar-refractivity contribution in [3.8, 4) is 0 Å². The summed E-state index contributed by atoms with van der Waals surface area (Å²) in [6.07, 6.45) is -0.225. The van der Waals surface area contributed by atoms with Crippen molar-refractivity contribution in [3.05, 3.63) is 35.9 Å². The average Bonchev–Trinajstić information content (AvgIpc) is 2.23. The molecule has 0 aliphatic carbocycles. The third kappa shape index (κ3) is 2.40. The molecule has 1 saturated heterocycles. The summed E-state index contributed by atoms with van der Waals surface area (Å²) in [6.45, 7) is 1.12. The molecule has 0 amide bonds. The minimum Gasteiger partial charge on any atom is -0.481 e. The molecule has 1 atom stereocenters. The van der Waals surface area contributed by atoms with Crippen molar-refractivity contribution in [1.29, 1.82) is 0 Å². The van der Waals surface area contributed by atoms with Crippen molar-refractivity contribution in [1.82, 2.24) is 4.90 Å². The van der Waals surface area contributed by atoms with Crippen LogP contribution < -0.4 is 0 Å². The zero-order valence-electron chi connectivity index (χ0n) is 8.91. The molecule has 1 aromatic carbocycles. The minimum atomic E-state index is -0.810. The molecule has 0 radical (unpaired) electrons. The number of aliphatic hydroxyl groups is 1. The van der Waals surface area contributed by atoms with Crippen LogP contribution in [-0.4, -0.2) is 40.3 Å². The molecule has 0 aromatic heterocycles. The second-order valence-electron chi connectivity index (χ2n) is 4.13. The molecular formula is C12H15NO3. The number of nitrogens with zero attached hydrogens (tertiary/aromatic N) is 1. The fourth-order valence-electron chi connectivity index (χ4n) is 2.04. The molecule has 1 aliphatic heterocycles. The van der Waals surface area contributed by atoms with Crippen molar-refractivity contribution in [2.24, 2.45) is 0 Å². The maximum atomic E-state index is 10.8. The van der Waals surface area contributed by atoms with Crippen LogP contribution in [0.2, 0.25) is 0 Å². The fraction of sp³-hybridized carbons (Fsp3) is 0.417. The van der Waals surface area contributed by atoms with Gasteiger partial charge >= 0.3 is 5.97 Å². The normalized spacial score (nSPS) is 19.1. The number of hydrogen-bond acceptors (Lipinski definition) is 3. The largest absolute Gasteiger partial charge is 0.481 e. The number of hydrogen-bond donors (Lipinski definition) is 2. The lowest BCUT2D eigenvalue weighted by Gasteiger charge is -2.41. The van der Waals surface area contributed by atoms with Gasteiger partial charge in [0.1, 0.15) is 0 Å². The van der Waals surface area contributed by atoms with Gasteiger partial charge in [-0.2, -0.15) is 0 Å². The first-order valence-corrected chi connectivity index (χ1v) is 5.35. The first kappa shape index (κ1) is 11.1. The highest BCUT2D eigenvalue weighted by Crippen LogP contribution is 2.28. The number of carboxylic acid groups (broad SMARTS) is 1. The van der Waals surface area contributed by atoms with Gasteiger partial charge < -0.3 is 10.2 Å². The predicted molar refractivity (Wildman–Crippen MR) is 59.0 cm³/mol. The van der Waals surface area contributed by atoms with E-state index in [1.807, 2.05) is 35.2 Å². The number of carbonyl (C=O) groups is 1. The monoisotopic (exact) mass is 221 g/mol. The molecule has 4 heteroatoms. The molecule has 1 unspecified atom stereocenters. The number of rotatable bonds is 4.